The summed E-state index contributed by atoms with van der Waals surface area (Å²) in [5.41, 5.74) is 0.267. The fraction of sp³-hybridized carbons (Fsp3) is 0.538. The third-order valence-electron chi connectivity index (χ3n) is 2.69. The Bertz CT molecular complexity index is 348. The van der Waals surface area contributed by atoms with E-state index in [1.54, 1.807) is 0 Å². The first kappa shape index (κ1) is 15.5. The van der Waals surface area contributed by atoms with Gasteiger partial charge in [0.25, 0.3) is 0 Å². The molecule has 0 radical (unpaired) electrons. The summed E-state index contributed by atoms with van der Waals surface area (Å²) < 4.78 is 37.0. The summed E-state index contributed by atoms with van der Waals surface area (Å²) in [5.74, 6) is 0. The van der Waals surface area contributed by atoms with Gasteiger partial charge >= 0.3 is 6.18 Å². The summed E-state index contributed by atoms with van der Waals surface area (Å²) in [7, 11) is 0. The van der Waals surface area contributed by atoms with E-state index in [1.165, 1.54) is 12.1 Å². The summed E-state index contributed by atoms with van der Waals surface area (Å²) in [4.78, 5) is 0.498. The van der Waals surface area contributed by atoms with Gasteiger partial charge in [0.05, 0.1) is 5.56 Å². The molecular weight excluding hydrogens is 307 g/mol. The van der Waals surface area contributed by atoms with Gasteiger partial charge in [-0.3, -0.25) is 0 Å². The molecule has 0 amide bonds. The lowest BCUT2D eigenvalue weighted by Crippen LogP contribution is -2.17. The molecule has 0 bridgehead atoms. The molecule has 0 aliphatic heterocycles. The molecule has 0 saturated carbocycles. The van der Waals surface area contributed by atoms with Crippen LogP contribution in [-0.2, 0) is 12.7 Å². The number of alkyl halides is 4. The fourth-order valence-corrected chi connectivity index (χ4v) is 1.74. The van der Waals surface area contributed by atoms with Crippen molar-refractivity contribution in [1.82, 2.24) is 5.32 Å². The molecule has 1 unspecified atom stereocenters. The number of hydrogen-bond donors (Lipinski definition) is 1. The summed E-state index contributed by atoms with van der Waals surface area (Å²) in [5, 5.41) is 3.21. The van der Waals surface area contributed by atoms with Gasteiger partial charge in [0.1, 0.15) is 0 Å². The Balaban J connectivity index is 2.36. The minimum Gasteiger partial charge on any atom is -0.313 e. The molecule has 0 aliphatic carbocycles. The minimum absolute atomic E-state index is 0.498. The highest BCUT2D eigenvalue weighted by Gasteiger charge is 2.29. The van der Waals surface area contributed by atoms with Crippen molar-refractivity contribution in [3.63, 3.8) is 0 Å². The van der Waals surface area contributed by atoms with Crippen molar-refractivity contribution in [2.24, 2.45) is 0 Å². The zero-order valence-corrected chi connectivity index (χ0v) is 11.8. The molecule has 5 heteroatoms. The second kappa shape index (κ2) is 7.14. The van der Waals surface area contributed by atoms with Gasteiger partial charge < -0.3 is 5.32 Å². The molecule has 102 valence electrons. The monoisotopic (exact) mass is 323 g/mol. The largest absolute Gasteiger partial charge is 0.416 e. The number of hydrogen-bond acceptors (Lipinski definition) is 1. The highest BCUT2D eigenvalue weighted by molar-refractivity contribution is 9.09. The zero-order chi connectivity index (χ0) is 13.6. The van der Waals surface area contributed by atoms with Gasteiger partial charge in [-0.1, -0.05) is 35.0 Å². The van der Waals surface area contributed by atoms with Gasteiger partial charge in [0, 0.05) is 11.4 Å². The van der Waals surface area contributed by atoms with Gasteiger partial charge in [0.2, 0.25) is 0 Å². The van der Waals surface area contributed by atoms with E-state index in [9.17, 15) is 13.2 Å². The standard InChI is InChI=1S/C13H17BrF3N/c1-2-12(14)7-8-18-9-10-3-5-11(6-4-10)13(15,16)17/h3-6,12,18H,2,7-9H2,1H3. The van der Waals surface area contributed by atoms with Crippen molar-refractivity contribution in [3.8, 4) is 0 Å². The summed E-state index contributed by atoms with van der Waals surface area (Å²) in [6.07, 6.45) is -2.17. The molecule has 0 aromatic heterocycles. The number of benzene rings is 1. The number of halogens is 4. The van der Waals surface area contributed by atoms with Crippen LogP contribution in [0.4, 0.5) is 13.2 Å². The van der Waals surface area contributed by atoms with Crippen LogP contribution in [0.25, 0.3) is 0 Å². The fourth-order valence-electron chi connectivity index (χ4n) is 1.51. The van der Waals surface area contributed by atoms with Gasteiger partial charge in [0.15, 0.2) is 0 Å². The molecule has 18 heavy (non-hydrogen) atoms. The zero-order valence-electron chi connectivity index (χ0n) is 10.2. The molecule has 0 spiro atoms. The predicted molar refractivity (Wildman–Crippen MR) is 70.8 cm³/mol. The first-order chi connectivity index (χ1) is 8.43. The van der Waals surface area contributed by atoms with E-state index in [0.717, 1.165) is 37.1 Å². The molecule has 1 aromatic carbocycles. The van der Waals surface area contributed by atoms with Crippen LogP contribution >= 0.6 is 15.9 Å². The number of rotatable bonds is 6. The average molecular weight is 324 g/mol. The molecule has 1 nitrogen and oxygen atoms in total. The van der Waals surface area contributed by atoms with E-state index in [0.29, 0.717) is 11.4 Å². The van der Waals surface area contributed by atoms with Gasteiger partial charge in [-0.2, -0.15) is 13.2 Å². The topological polar surface area (TPSA) is 12.0 Å². The Morgan fingerprint density at radius 3 is 2.33 bits per heavy atom. The Hall–Kier alpha value is -0.550. The van der Waals surface area contributed by atoms with Crippen LogP contribution in [0.1, 0.15) is 30.9 Å². The van der Waals surface area contributed by atoms with Crippen molar-refractivity contribution < 1.29 is 13.2 Å². The molecule has 1 N–H and O–H groups in total. The van der Waals surface area contributed by atoms with Crippen LogP contribution in [0.2, 0.25) is 0 Å². The molecule has 1 aromatic rings. The van der Waals surface area contributed by atoms with E-state index < -0.39 is 11.7 Å². The van der Waals surface area contributed by atoms with E-state index in [2.05, 4.69) is 28.2 Å². The average Bonchev–Trinajstić information content (AvgIpc) is 2.33. The van der Waals surface area contributed by atoms with Crippen molar-refractivity contribution in [1.29, 1.82) is 0 Å². The second-order valence-corrected chi connectivity index (χ2v) is 5.46. The first-order valence-electron chi connectivity index (χ1n) is 5.94. The third-order valence-corrected chi connectivity index (χ3v) is 3.79. The van der Waals surface area contributed by atoms with Gasteiger partial charge in [-0.15, -0.1) is 0 Å². The Labute approximate surface area is 114 Å². The maximum absolute atomic E-state index is 12.3. The third kappa shape index (κ3) is 5.40. The lowest BCUT2D eigenvalue weighted by molar-refractivity contribution is -0.137. The number of nitrogens with one attached hydrogen (secondary N) is 1. The summed E-state index contributed by atoms with van der Waals surface area (Å²) in [6, 6.07) is 5.27. The normalized spacial score (nSPS) is 13.6. The Morgan fingerprint density at radius 2 is 1.83 bits per heavy atom. The lowest BCUT2D eigenvalue weighted by Gasteiger charge is -2.10. The Morgan fingerprint density at radius 1 is 1.22 bits per heavy atom. The summed E-state index contributed by atoms with van der Waals surface area (Å²) in [6.45, 7) is 3.56. The predicted octanol–water partition coefficient (Wildman–Crippen LogP) is 4.36. The molecule has 0 aliphatic rings. The van der Waals surface area contributed by atoms with E-state index in [4.69, 9.17) is 0 Å². The minimum atomic E-state index is -4.25. The SMILES string of the molecule is CCC(Br)CCNCc1ccc(C(F)(F)F)cc1. The maximum atomic E-state index is 12.3. The van der Waals surface area contributed by atoms with Crippen LogP contribution in [0, 0.1) is 0 Å². The molecule has 0 heterocycles. The van der Waals surface area contributed by atoms with E-state index >= 15 is 0 Å². The van der Waals surface area contributed by atoms with Crippen LogP contribution in [0.3, 0.4) is 0 Å². The first-order valence-corrected chi connectivity index (χ1v) is 6.86. The highest BCUT2D eigenvalue weighted by Crippen LogP contribution is 2.28. The quantitative estimate of drug-likeness (QED) is 0.606. The molecule has 1 rings (SSSR count). The second-order valence-electron chi connectivity index (χ2n) is 4.17. The van der Waals surface area contributed by atoms with Crippen LogP contribution in [0.15, 0.2) is 24.3 Å². The highest BCUT2D eigenvalue weighted by atomic mass is 79.9. The van der Waals surface area contributed by atoms with Gasteiger partial charge in [-0.25, -0.2) is 0 Å². The molecular formula is C13H17BrF3N. The Kier molecular flexibility index (Phi) is 6.15. The molecule has 0 fully saturated rings. The van der Waals surface area contributed by atoms with Crippen molar-refractivity contribution in [2.45, 2.75) is 37.3 Å². The summed E-state index contributed by atoms with van der Waals surface area (Å²) >= 11 is 3.53. The van der Waals surface area contributed by atoms with Crippen molar-refractivity contribution in [3.05, 3.63) is 35.4 Å². The smallest absolute Gasteiger partial charge is 0.313 e. The lowest BCUT2D eigenvalue weighted by atomic mass is 10.1. The molecule has 1 atom stereocenters. The van der Waals surface area contributed by atoms with E-state index in [1.807, 2.05) is 0 Å². The molecule has 0 saturated heterocycles. The van der Waals surface area contributed by atoms with Crippen molar-refractivity contribution in [2.75, 3.05) is 6.54 Å². The maximum Gasteiger partial charge on any atom is 0.416 e. The van der Waals surface area contributed by atoms with E-state index in [-0.39, 0.29) is 0 Å². The van der Waals surface area contributed by atoms with Gasteiger partial charge in [-0.05, 0) is 37.1 Å². The van der Waals surface area contributed by atoms with Crippen LogP contribution in [-0.4, -0.2) is 11.4 Å². The van der Waals surface area contributed by atoms with Crippen LogP contribution in [0.5, 0.6) is 0 Å². The van der Waals surface area contributed by atoms with Crippen LogP contribution < -0.4 is 5.32 Å². The van der Waals surface area contributed by atoms with Crippen molar-refractivity contribution >= 4 is 15.9 Å².